The van der Waals surface area contributed by atoms with Gasteiger partial charge in [-0.2, -0.15) is 0 Å². The Bertz CT molecular complexity index is 1000. The molecular weight excluding hydrogens is 411 g/mol. The first kappa shape index (κ1) is 21.2. The number of ether oxygens (including phenoxy) is 1. The summed E-state index contributed by atoms with van der Waals surface area (Å²) in [5, 5.41) is 0. The van der Waals surface area contributed by atoms with E-state index in [9.17, 15) is 30.0 Å². The summed E-state index contributed by atoms with van der Waals surface area (Å²) < 4.78 is 87.9. The quantitative estimate of drug-likeness (QED) is 0.684. The van der Waals surface area contributed by atoms with Crippen LogP contribution in [0.1, 0.15) is 5.56 Å². The van der Waals surface area contributed by atoms with Crippen molar-refractivity contribution < 1.29 is 39.6 Å². The molecule has 0 spiro atoms. The summed E-state index contributed by atoms with van der Waals surface area (Å²) in [4.78, 5) is 5.76. The molecule has 0 saturated heterocycles. The number of halogens is 3. The topological polar surface area (TPSA) is 98.8 Å². The third-order valence-electron chi connectivity index (χ3n) is 3.10. The molecule has 7 nitrogen and oxygen atoms in total. The fourth-order valence-corrected chi connectivity index (χ4v) is 4.44. The summed E-state index contributed by atoms with van der Waals surface area (Å²) in [7, 11) is -8.10. The average molecular weight is 425 g/mol. The summed E-state index contributed by atoms with van der Waals surface area (Å²) in [6, 6.07) is 9.55. The lowest BCUT2D eigenvalue weighted by Crippen LogP contribution is -2.25. The van der Waals surface area contributed by atoms with Gasteiger partial charge in [0.15, 0.2) is 9.84 Å². The zero-order valence-corrected chi connectivity index (χ0v) is 15.4. The van der Waals surface area contributed by atoms with Crippen LogP contribution in [0.15, 0.2) is 58.3 Å². The first-order valence-corrected chi connectivity index (χ1v) is 10.5. The summed E-state index contributed by atoms with van der Waals surface area (Å²) in [6.07, 6.45) is -3.95. The van der Waals surface area contributed by atoms with Crippen LogP contribution in [-0.4, -0.2) is 29.5 Å². The predicted octanol–water partition coefficient (Wildman–Crippen LogP) is 2.40. The largest absolute Gasteiger partial charge is 0.573 e. The highest BCUT2D eigenvalue weighted by Gasteiger charge is 2.31. The zero-order chi connectivity index (χ0) is 20.3. The molecule has 2 aromatic rings. The number of rotatable bonds is 7. The molecule has 0 atom stereocenters. The maximum absolute atomic E-state index is 12.3. The van der Waals surface area contributed by atoms with Gasteiger partial charge in [0.1, 0.15) is 10.6 Å². The van der Waals surface area contributed by atoms with Crippen molar-refractivity contribution in [2.45, 2.75) is 22.8 Å². The molecule has 2 rings (SSSR count). The van der Waals surface area contributed by atoms with Crippen molar-refractivity contribution in [3.05, 3.63) is 54.1 Å². The van der Waals surface area contributed by atoms with Gasteiger partial charge < -0.3 is 4.74 Å². The molecule has 148 valence electrons. The summed E-state index contributed by atoms with van der Waals surface area (Å²) in [6.45, 7) is -0.313. The van der Waals surface area contributed by atoms with Crippen molar-refractivity contribution in [1.29, 1.82) is 0 Å². The van der Waals surface area contributed by atoms with Crippen LogP contribution in [0.2, 0.25) is 0 Å². The van der Waals surface area contributed by atoms with Crippen molar-refractivity contribution in [3.8, 4) is 5.75 Å². The van der Waals surface area contributed by atoms with Gasteiger partial charge in [-0.25, -0.2) is 16.8 Å². The molecule has 2 aromatic carbocycles. The molecule has 0 aromatic heterocycles. The second-order valence-corrected chi connectivity index (χ2v) is 8.88. The van der Waals surface area contributed by atoms with Crippen LogP contribution in [0.25, 0.3) is 0 Å². The Labute approximate surface area is 153 Å². The fraction of sp³-hybridized carbons (Fsp3) is 0.200. The molecule has 27 heavy (non-hydrogen) atoms. The van der Waals surface area contributed by atoms with E-state index in [1.165, 1.54) is 24.3 Å². The standard InChI is InChI=1S/C15H14F3NO6S2/c1-26(20,21)13-4-2-3-5-14(13)27(22,23)19-24-10-11-6-8-12(9-7-11)25-15(16,17)18/h2-9,19H,10H2,1H3. The highest BCUT2D eigenvalue weighted by atomic mass is 32.2. The van der Waals surface area contributed by atoms with Gasteiger partial charge in [0, 0.05) is 6.26 Å². The lowest BCUT2D eigenvalue weighted by atomic mass is 10.2. The minimum absolute atomic E-state index is 0.313. The third-order valence-corrected chi connectivity index (χ3v) is 5.66. The van der Waals surface area contributed by atoms with Crippen LogP contribution in [0.3, 0.4) is 0 Å². The molecule has 0 fully saturated rings. The van der Waals surface area contributed by atoms with Crippen LogP contribution in [-0.2, 0) is 31.3 Å². The van der Waals surface area contributed by atoms with Crippen LogP contribution in [0.4, 0.5) is 13.2 Å². The van der Waals surface area contributed by atoms with Gasteiger partial charge in [-0.05, 0) is 29.8 Å². The number of hydrogen-bond acceptors (Lipinski definition) is 6. The number of alkyl halides is 3. The fourth-order valence-electron chi connectivity index (χ4n) is 2.00. The molecule has 0 bridgehead atoms. The molecule has 0 aliphatic heterocycles. The van der Waals surface area contributed by atoms with Crippen LogP contribution >= 0.6 is 0 Å². The molecule has 1 N–H and O–H groups in total. The van der Waals surface area contributed by atoms with E-state index in [0.717, 1.165) is 30.5 Å². The van der Waals surface area contributed by atoms with Gasteiger partial charge in [-0.1, -0.05) is 29.2 Å². The minimum atomic E-state index is -4.82. The van der Waals surface area contributed by atoms with Crippen molar-refractivity contribution in [2.24, 2.45) is 0 Å². The molecule has 12 heteroatoms. The maximum Gasteiger partial charge on any atom is 0.573 e. The van der Waals surface area contributed by atoms with Gasteiger partial charge in [-0.3, -0.25) is 4.84 Å². The summed E-state index contributed by atoms with van der Waals surface area (Å²) >= 11 is 0. The Kier molecular flexibility index (Phi) is 6.14. The van der Waals surface area contributed by atoms with Crippen LogP contribution in [0.5, 0.6) is 5.75 Å². The molecule has 0 heterocycles. The van der Waals surface area contributed by atoms with E-state index in [1.54, 1.807) is 4.89 Å². The third kappa shape index (κ3) is 6.20. The average Bonchev–Trinajstić information content (AvgIpc) is 2.54. The molecular formula is C15H14F3NO6S2. The number of hydrogen-bond donors (Lipinski definition) is 1. The summed E-state index contributed by atoms with van der Waals surface area (Å²) in [5.74, 6) is -0.436. The number of benzene rings is 2. The second-order valence-electron chi connectivity index (χ2n) is 5.29. The highest BCUT2D eigenvalue weighted by Crippen LogP contribution is 2.23. The van der Waals surface area contributed by atoms with E-state index < -0.39 is 41.8 Å². The van der Waals surface area contributed by atoms with E-state index in [4.69, 9.17) is 4.84 Å². The van der Waals surface area contributed by atoms with E-state index in [0.29, 0.717) is 5.56 Å². The molecule has 0 aliphatic rings. The Morgan fingerprint density at radius 1 is 0.926 bits per heavy atom. The first-order valence-electron chi connectivity index (χ1n) is 7.16. The molecule has 0 unspecified atom stereocenters. The predicted molar refractivity (Wildman–Crippen MR) is 87.8 cm³/mol. The normalized spacial score (nSPS) is 12.7. The van der Waals surface area contributed by atoms with E-state index in [-0.39, 0.29) is 6.61 Å². The van der Waals surface area contributed by atoms with Crippen molar-refractivity contribution in [1.82, 2.24) is 4.89 Å². The smallest absolute Gasteiger partial charge is 0.406 e. The van der Waals surface area contributed by atoms with Gasteiger partial charge in [-0.15, -0.1) is 13.2 Å². The van der Waals surface area contributed by atoms with Gasteiger partial charge in [0.2, 0.25) is 0 Å². The Hall–Kier alpha value is -2.15. The molecule has 0 aliphatic carbocycles. The second kappa shape index (κ2) is 7.84. The van der Waals surface area contributed by atoms with Gasteiger partial charge >= 0.3 is 6.36 Å². The van der Waals surface area contributed by atoms with Gasteiger partial charge in [0.05, 0.1) is 11.5 Å². The van der Waals surface area contributed by atoms with Gasteiger partial charge in [0.25, 0.3) is 10.0 Å². The van der Waals surface area contributed by atoms with Crippen molar-refractivity contribution >= 4 is 19.9 Å². The molecule has 0 amide bonds. The SMILES string of the molecule is CS(=O)(=O)c1ccccc1S(=O)(=O)NOCc1ccc(OC(F)(F)F)cc1. The lowest BCUT2D eigenvalue weighted by Gasteiger charge is -2.11. The summed E-state index contributed by atoms with van der Waals surface area (Å²) in [5.41, 5.74) is 0.351. The first-order chi connectivity index (χ1) is 12.4. The lowest BCUT2D eigenvalue weighted by molar-refractivity contribution is -0.274. The maximum atomic E-state index is 12.3. The number of sulfonamides is 1. The zero-order valence-electron chi connectivity index (χ0n) is 13.7. The molecule has 0 saturated carbocycles. The monoisotopic (exact) mass is 425 g/mol. The number of nitrogens with one attached hydrogen (secondary N) is 1. The van der Waals surface area contributed by atoms with Crippen molar-refractivity contribution in [3.63, 3.8) is 0 Å². The Morgan fingerprint density at radius 2 is 1.48 bits per heavy atom. The van der Waals surface area contributed by atoms with E-state index >= 15 is 0 Å². The minimum Gasteiger partial charge on any atom is -0.406 e. The van der Waals surface area contributed by atoms with Crippen molar-refractivity contribution in [2.75, 3.05) is 6.26 Å². The van der Waals surface area contributed by atoms with Crippen LogP contribution < -0.4 is 9.62 Å². The Morgan fingerprint density at radius 3 is 2.00 bits per heavy atom. The number of sulfone groups is 1. The van der Waals surface area contributed by atoms with Crippen LogP contribution in [0, 0.1) is 0 Å². The Balaban J connectivity index is 2.05. The highest BCUT2D eigenvalue weighted by molar-refractivity contribution is 7.93. The molecule has 0 radical (unpaired) electrons. The van der Waals surface area contributed by atoms with E-state index in [1.807, 2.05) is 0 Å². The van der Waals surface area contributed by atoms with E-state index in [2.05, 4.69) is 4.74 Å².